The molecule has 0 aromatic rings. The molecule has 98 valence electrons. The summed E-state index contributed by atoms with van der Waals surface area (Å²) in [7, 11) is 3.98. The quantitative estimate of drug-likeness (QED) is 0.636. The lowest BCUT2D eigenvalue weighted by atomic mass is 10.1. The molecule has 0 aliphatic heterocycles. The molecular formula is C12H28N2OS. The van der Waals surface area contributed by atoms with Gasteiger partial charge in [-0.05, 0) is 38.9 Å². The number of rotatable bonds is 10. The second-order valence-corrected chi connectivity index (χ2v) is 5.20. The fourth-order valence-corrected chi connectivity index (χ4v) is 2.25. The third kappa shape index (κ3) is 6.74. The number of thioether (sulfide) groups is 1. The van der Waals surface area contributed by atoms with E-state index in [1.165, 1.54) is 12.2 Å². The maximum atomic E-state index is 5.29. The molecular weight excluding hydrogens is 220 g/mol. The van der Waals surface area contributed by atoms with Gasteiger partial charge in [0.1, 0.15) is 0 Å². The Morgan fingerprint density at radius 3 is 2.62 bits per heavy atom. The molecule has 0 aliphatic carbocycles. The van der Waals surface area contributed by atoms with Crippen molar-refractivity contribution >= 4 is 11.8 Å². The highest BCUT2D eigenvalue weighted by atomic mass is 32.2. The van der Waals surface area contributed by atoms with E-state index < -0.39 is 0 Å². The van der Waals surface area contributed by atoms with Crippen LogP contribution in [0.2, 0.25) is 0 Å². The first-order valence-corrected chi connectivity index (χ1v) is 7.47. The number of likely N-dealkylation sites (N-methyl/N-ethyl adjacent to an activating group) is 2. The van der Waals surface area contributed by atoms with Crippen molar-refractivity contribution in [1.29, 1.82) is 0 Å². The first kappa shape index (κ1) is 16.2. The molecule has 16 heavy (non-hydrogen) atoms. The van der Waals surface area contributed by atoms with Crippen LogP contribution in [0.3, 0.4) is 0 Å². The summed E-state index contributed by atoms with van der Waals surface area (Å²) < 4.78 is 5.29. The van der Waals surface area contributed by atoms with Gasteiger partial charge in [0.25, 0.3) is 0 Å². The Hall–Kier alpha value is 0.230. The van der Waals surface area contributed by atoms with Crippen molar-refractivity contribution in [2.45, 2.75) is 32.4 Å². The molecule has 2 atom stereocenters. The average molecular weight is 248 g/mol. The van der Waals surface area contributed by atoms with Gasteiger partial charge in [-0.1, -0.05) is 6.92 Å². The monoisotopic (exact) mass is 248 g/mol. The maximum absolute atomic E-state index is 5.29. The van der Waals surface area contributed by atoms with Gasteiger partial charge in [0.2, 0.25) is 0 Å². The van der Waals surface area contributed by atoms with E-state index in [2.05, 4.69) is 37.4 Å². The summed E-state index contributed by atoms with van der Waals surface area (Å²) in [5, 5.41) is 3.40. The summed E-state index contributed by atoms with van der Waals surface area (Å²) in [5.41, 5.74) is 0. The van der Waals surface area contributed by atoms with Crippen LogP contribution in [0.1, 0.15) is 20.3 Å². The number of methoxy groups -OCH3 is 1. The first-order chi connectivity index (χ1) is 7.67. The lowest BCUT2D eigenvalue weighted by Crippen LogP contribution is -2.47. The standard InChI is InChI=1S/C12H28N2OS/c1-6-13-9-12(10-15-4)14(3)11(2)7-8-16-5/h11-13H,6-10H2,1-5H3. The highest BCUT2D eigenvalue weighted by molar-refractivity contribution is 7.98. The number of nitrogens with one attached hydrogen (secondary N) is 1. The second-order valence-electron chi connectivity index (χ2n) is 4.21. The van der Waals surface area contributed by atoms with Crippen molar-refractivity contribution in [3.05, 3.63) is 0 Å². The molecule has 0 saturated heterocycles. The topological polar surface area (TPSA) is 24.5 Å². The molecule has 0 amide bonds. The van der Waals surface area contributed by atoms with Crippen LogP contribution in [0.15, 0.2) is 0 Å². The number of hydrogen-bond acceptors (Lipinski definition) is 4. The molecule has 0 radical (unpaired) electrons. The number of ether oxygens (including phenoxy) is 1. The predicted octanol–water partition coefficient (Wildman–Crippen LogP) is 1.68. The van der Waals surface area contributed by atoms with Crippen molar-refractivity contribution in [3.8, 4) is 0 Å². The number of hydrogen-bond donors (Lipinski definition) is 1. The van der Waals surface area contributed by atoms with Crippen LogP contribution in [0.4, 0.5) is 0 Å². The zero-order valence-corrected chi connectivity index (χ0v) is 12.3. The van der Waals surface area contributed by atoms with E-state index in [1.807, 2.05) is 11.8 Å². The van der Waals surface area contributed by atoms with Gasteiger partial charge in [0.05, 0.1) is 6.61 Å². The fourth-order valence-electron chi connectivity index (χ4n) is 1.68. The van der Waals surface area contributed by atoms with Crippen LogP contribution in [-0.4, -0.2) is 62.8 Å². The second kappa shape index (κ2) is 10.4. The molecule has 0 rings (SSSR count). The molecule has 2 unspecified atom stereocenters. The van der Waals surface area contributed by atoms with E-state index >= 15 is 0 Å². The average Bonchev–Trinajstić information content (AvgIpc) is 2.30. The molecule has 0 heterocycles. The van der Waals surface area contributed by atoms with Crippen molar-refractivity contribution in [2.75, 3.05) is 45.9 Å². The van der Waals surface area contributed by atoms with Crippen LogP contribution in [0, 0.1) is 0 Å². The van der Waals surface area contributed by atoms with Crippen molar-refractivity contribution in [3.63, 3.8) is 0 Å². The Morgan fingerprint density at radius 1 is 1.44 bits per heavy atom. The van der Waals surface area contributed by atoms with Gasteiger partial charge in [0.15, 0.2) is 0 Å². The molecule has 4 heteroatoms. The Morgan fingerprint density at radius 2 is 2.12 bits per heavy atom. The van der Waals surface area contributed by atoms with Gasteiger partial charge in [-0.2, -0.15) is 11.8 Å². The SMILES string of the molecule is CCNCC(COC)N(C)C(C)CCSC. The lowest BCUT2D eigenvalue weighted by molar-refractivity contribution is 0.0833. The van der Waals surface area contributed by atoms with Crippen molar-refractivity contribution in [1.82, 2.24) is 10.2 Å². The summed E-state index contributed by atoms with van der Waals surface area (Å²) in [6, 6.07) is 1.09. The van der Waals surface area contributed by atoms with Gasteiger partial charge < -0.3 is 10.1 Å². The van der Waals surface area contributed by atoms with Crippen molar-refractivity contribution < 1.29 is 4.74 Å². The molecule has 3 nitrogen and oxygen atoms in total. The van der Waals surface area contributed by atoms with Gasteiger partial charge in [-0.15, -0.1) is 0 Å². The van der Waals surface area contributed by atoms with Gasteiger partial charge in [0, 0.05) is 25.7 Å². The third-order valence-electron chi connectivity index (χ3n) is 3.00. The molecule has 0 bridgehead atoms. The smallest absolute Gasteiger partial charge is 0.0630 e. The van der Waals surface area contributed by atoms with E-state index in [0.29, 0.717) is 12.1 Å². The predicted molar refractivity (Wildman–Crippen MR) is 74.4 cm³/mol. The summed E-state index contributed by atoms with van der Waals surface area (Å²) in [6.45, 7) is 7.26. The van der Waals surface area contributed by atoms with Crippen LogP contribution >= 0.6 is 11.8 Å². The Kier molecular flexibility index (Phi) is 10.5. The molecule has 0 aliphatic rings. The Balaban J connectivity index is 4.06. The van der Waals surface area contributed by atoms with E-state index in [4.69, 9.17) is 4.74 Å². The van der Waals surface area contributed by atoms with Gasteiger partial charge in [-0.25, -0.2) is 0 Å². The maximum Gasteiger partial charge on any atom is 0.0630 e. The first-order valence-electron chi connectivity index (χ1n) is 6.07. The minimum Gasteiger partial charge on any atom is -0.383 e. The molecule has 0 spiro atoms. The molecule has 0 saturated carbocycles. The fraction of sp³-hybridized carbons (Fsp3) is 1.00. The lowest BCUT2D eigenvalue weighted by Gasteiger charge is -2.33. The minimum atomic E-state index is 0.474. The third-order valence-corrected chi connectivity index (χ3v) is 3.64. The van der Waals surface area contributed by atoms with Crippen LogP contribution in [0.5, 0.6) is 0 Å². The zero-order valence-electron chi connectivity index (χ0n) is 11.5. The minimum absolute atomic E-state index is 0.474. The summed E-state index contributed by atoms with van der Waals surface area (Å²) in [5.74, 6) is 1.23. The number of nitrogens with zero attached hydrogens (tertiary/aromatic N) is 1. The normalized spacial score (nSPS) is 15.4. The van der Waals surface area contributed by atoms with E-state index in [1.54, 1.807) is 7.11 Å². The summed E-state index contributed by atoms with van der Waals surface area (Å²) in [4.78, 5) is 2.43. The van der Waals surface area contributed by atoms with E-state index in [0.717, 1.165) is 19.7 Å². The van der Waals surface area contributed by atoms with Crippen molar-refractivity contribution in [2.24, 2.45) is 0 Å². The summed E-state index contributed by atoms with van der Waals surface area (Å²) in [6.07, 6.45) is 3.40. The molecule has 1 N–H and O–H groups in total. The van der Waals surface area contributed by atoms with E-state index in [-0.39, 0.29) is 0 Å². The van der Waals surface area contributed by atoms with Gasteiger partial charge >= 0.3 is 0 Å². The molecule has 0 fully saturated rings. The largest absolute Gasteiger partial charge is 0.383 e. The van der Waals surface area contributed by atoms with E-state index in [9.17, 15) is 0 Å². The highest BCUT2D eigenvalue weighted by Gasteiger charge is 2.18. The van der Waals surface area contributed by atoms with Crippen LogP contribution < -0.4 is 5.32 Å². The zero-order chi connectivity index (χ0) is 12.4. The Bertz CT molecular complexity index is 158. The van der Waals surface area contributed by atoms with Gasteiger partial charge in [-0.3, -0.25) is 4.90 Å². The van der Waals surface area contributed by atoms with Crippen LogP contribution in [0.25, 0.3) is 0 Å². The Labute approximate surface area is 105 Å². The molecule has 0 aromatic carbocycles. The summed E-state index contributed by atoms with van der Waals surface area (Å²) >= 11 is 1.92. The molecule has 0 aromatic heterocycles. The highest BCUT2D eigenvalue weighted by Crippen LogP contribution is 2.09. The van der Waals surface area contributed by atoms with Crippen LogP contribution in [-0.2, 0) is 4.74 Å².